The predicted octanol–water partition coefficient (Wildman–Crippen LogP) is 14.4. The summed E-state index contributed by atoms with van der Waals surface area (Å²) in [7, 11) is 0. The maximum absolute atomic E-state index is 6.42. The average molecular weight is 670 g/mol. The number of hydrogen-bond acceptors (Lipinski definition) is 3. The van der Waals surface area contributed by atoms with Gasteiger partial charge in [-0.25, -0.2) is 0 Å². The Morgan fingerprint density at radius 1 is 0.353 bits per heavy atom. The number of para-hydroxylation sites is 2. The van der Waals surface area contributed by atoms with Gasteiger partial charge in [0.05, 0.1) is 16.8 Å². The molecule has 0 spiro atoms. The zero-order valence-corrected chi connectivity index (χ0v) is 28.5. The highest BCUT2D eigenvalue weighted by molar-refractivity contribution is 7.25. The van der Waals surface area contributed by atoms with Crippen LogP contribution in [0.3, 0.4) is 0 Å². The fourth-order valence-corrected chi connectivity index (χ4v) is 8.67. The molecule has 0 atom stereocenters. The maximum Gasteiger partial charge on any atom is 0.137 e. The van der Waals surface area contributed by atoms with Gasteiger partial charge >= 0.3 is 0 Å². The highest BCUT2D eigenvalue weighted by Crippen LogP contribution is 2.48. The van der Waals surface area contributed by atoms with Crippen molar-refractivity contribution in [2.24, 2.45) is 0 Å². The lowest BCUT2D eigenvalue weighted by Crippen LogP contribution is -2.11. The molecule has 10 rings (SSSR count). The smallest absolute Gasteiger partial charge is 0.137 e. The van der Waals surface area contributed by atoms with E-state index in [1.807, 2.05) is 17.4 Å². The summed E-state index contributed by atoms with van der Waals surface area (Å²) in [4.78, 5) is 2.41. The largest absolute Gasteiger partial charge is 0.456 e. The van der Waals surface area contributed by atoms with Crippen molar-refractivity contribution in [3.63, 3.8) is 0 Å². The van der Waals surface area contributed by atoms with Gasteiger partial charge in [0, 0.05) is 36.8 Å². The average Bonchev–Trinajstić information content (AvgIpc) is 3.78. The minimum atomic E-state index is 0.872. The molecule has 0 fully saturated rings. The van der Waals surface area contributed by atoms with Gasteiger partial charge in [-0.05, 0) is 76.3 Å². The molecule has 0 amide bonds. The predicted molar refractivity (Wildman–Crippen MR) is 218 cm³/mol. The second-order valence-corrected chi connectivity index (χ2v) is 14.0. The number of thiophene rings is 1. The minimum Gasteiger partial charge on any atom is -0.456 e. The molecule has 2 heterocycles. The molecule has 0 saturated carbocycles. The minimum absolute atomic E-state index is 0.872. The Kier molecular flexibility index (Phi) is 7.04. The van der Waals surface area contributed by atoms with E-state index in [1.54, 1.807) is 0 Å². The van der Waals surface area contributed by atoms with Gasteiger partial charge in [-0.1, -0.05) is 140 Å². The summed E-state index contributed by atoms with van der Waals surface area (Å²) in [5.74, 6) is 0. The van der Waals surface area contributed by atoms with Crippen LogP contribution in [0.5, 0.6) is 0 Å². The lowest BCUT2D eigenvalue weighted by Gasteiger charge is -2.29. The number of nitrogens with zero attached hydrogens (tertiary/aromatic N) is 1. The summed E-state index contributed by atoms with van der Waals surface area (Å²) in [5, 5.41) is 4.79. The number of furan rings is 1. The van der Waals surface area contributed by atoms with Crippen LogP contribution < -0.4 is 4.90 Å². The van der Waals surface area contributed by atoms with Crippen LogP contribution in [0.1, 0.15) is 0 Å². The van der Waals surface area contributed by atoms with E-state index in [2.05, 4.69) is 187 Å². The van der Waals surface area contributed by atoms with Crippen molar-refractivity contribution in [2.75, 3.05) is 4.90 Å². The lowest BCUT2D eigenvalue weighted by atomic mass is 9.96. The molecule has 0 aliphatic carbocycles. The monoisotopic (exact) mass is 669 g/mol. The van der Waals surface area contributed by atoms with Crippen molar-refractivity contribution in [1.29, 1.82) is 0 Å². The number of hydrogen-bond donors (Lipinski definition) is 0. The van der Waals surface area contributed by atoms with Gasteiger partial charge in [0.25, 0.3) is 0 Å². The Bertz CT molecular complexity index is 2850. The molecular weight excluding hydrogens is 639 g/mol. The molecule has 8 aromatic carbocycles. The van der Waals surface area contributed by atoms with Crippen LogP contribution in [-0.2, 0) is 0 Å². The third-order valence-electron chi connectivity index (χ3n) is 9.91. The van der Waals surface area contributed by atoms with Gasteiger partial charge in [0.1, 0.15) is 11.2 Å². The van der Waals surface area contributed by atoms with Crippen LogP contribution in [-0.4, -0.2) is 0 Å². The Morgan fingerprint density at radius 3 is 1.71 bits per heavy atom. The highest BCUT2D eigenvalue weighted by Gasteiger charge is 2.23. The number of fused-ring (bicyclic) bond motifs is 6. The molecule has 0 saturated heterocycles. The van der Waals surface area contributed by atoms with Crippen LogP contribution in [0.15, 0.2) is 192 Å². The van der Waals surface area contributed by atoms with E-state index < -0.39 is 0 Å². The third-order valence-corrected chi connectivity index (χ3v) is 11.0. The molecule has 0 aliphatic rings. The van der Waals surface area contributed by atoms with Gasteiger partial charge in [0.2, 0.25) is 0 Å². The zero-order chi connectivity index (χ0) is 33.7. The quantitative estimate of drug-likeness (QED) is 0.175. The fraction of sp³-hybridized carbons (Fsp3) is 0. The van der Waals surface area contributed by atoms with Crippen LogP contribution in [0.4, 0.5) is 17.1 Å². The van der Waals surface area contributed by atoms with Gasteiger partial charge < -0.3 is 9.32 Å². The van der Waals surface area contributed by atoms with Crippen molar-refractivity contribution in [2.45, 2.75) is 0 Å². The standard InChI is InChI=1S/C48H31NOS/c1-2-12-32(13-3-1)33-24-26-34(27-25-33)35-28-30-36(31-29-35)49(42-19-11-21-44-48(42)39-15-5-8-20-43(39)50-44)41-18-7-4-14-37(41)38-17-10-23-46-47(38)40-16-6-9-22-45(40)51-46/h1-31H. The van der Waals surface area contributed by atoms with E-state index in [4.69, 9.17) is 4.42 Å². The van der Waals surface area contributed by atoms with E-state index in [0.717, 1.165) is 39.0 Å². The molecule has 240 valence electrons. The molecule has 2 nitrogen and oxygen atoms in total. The summed E-state index contributed by atoms with van der Waals surface area (Å²) >= 11 is 1.85. The molecule has 0 N–H and O–H groups in total. The molecule has 2 aromatic heterocycles. The van der Waals surface area contributed by atoms with Crippen molar-refractivity contribution in [3.05, 3.63) is 188 Å². The van der Waals surface area contributed by atoms with Crippen LogP contribution in [0, 0.1) is 0 Å². The first-order valence-corrected chi connectivity index (χ1v) is 18.1. The number of benzene rings is 8. The van der Waals surface area contributed by atoms with Gasteiger partial charge in [-0.2, -0.15) is 0 Å². The maximum atomic E-state index is 6.42. The summed E-state index contributed by atoms with van der Waals surface area (Å²) in [5.41, 5.74) is 12.2. The Balaban J connectivity index is 1.17. The van der Waals surface area contributed by atoms with Gasteiger partial charge in [-0.15, -0.1) is 11.3 Å². The molecule has 0 bridgehead atoms. The van der Waals surface area contributed by atoms with Crippen LogP contribution in [0.25, 0.3) is 75.5 Å². The molecule has 0 aliphatic heterocycles. The molecule has 51 heavy (non-hydrogen) atoms. The molecule has 0 unspecified atom stereocenters. The van der Waals surface area contributed by atoms with Gasteiger partial charge in [0.15, 0.2) is 0 Å². The Morgan fingerprint density at radius 2 is 0.902 bits per heavy atom. The first-order chi connectivity index (χ1) is 25.3. The van der Waals surface area contributed by atoms with Crippen molar-refractivity contribution in [3.8, 4) is 33.4 Å². The van der Waals surface area contributed by atoms with E-state index in [0.29, 0.717) is 0 Å². The van der Waals surface area contributed by atoms with Crippen LogP contribution >= 0.6 is 11.3 Å². The summed E-state index contributed by atoms with van der Waals surface area (Å²) < 4.78 is 9.01. The third kappa shape index (κ3) is 5.01. The normalized spacial score (nSPS) is 11.5. The Hall–Kier alpha value is -6.42. The lowest BCUT2D eigenvalue weighted by molar-refractivity contribution is 0.669. The zero-order valence-electron chi connectivity index (χ0n) is 27.7. The first-order valence-electron chi connectivity index (χ1n) is 17.3. The topological polar surface area (TPSA) is 16.4 Å². The second-order valence-electron chi connectivity index (χ2n) is 12.9. The van der Waals surface area contributed by atoms with Crippen LogP contribution in [0.2, 0.25) is 0 Å². The first kappa shape index (κ1) is 29.5. The summed E-state index contributed by atoms with van der Waals surface area (Å²) in [6, 6.07) is 67.4. The van der Waals surface area contributed by atoms with Gasteiger partial charge in [-0.3, -0.25) is 0 Å². The molecular formula is C48H31NOS. The molecule has 10 aromatic rings. The van der Waals surface area contributed by atoms with E-state index >= 15 is 0 Å². The highest BCUT2D eigenvalue weighted by atomic mass is 32.1. The van der Waals surface area contributed by atoms with Crippen molar-refractivity contribution >= 4 is 70.5 Å². The summed E-state index contributed by atoms with van der Waals surface area (Å²) in [6.07, 6.45) is 0. The summed E-state index contributed by atoms with van der Waals surface area (Å²) in [6.45, 7) is 0. The SMILES string of the molecule is c1ccc(-c2ccc(-c3ccc(N(c4ccccc4-c4cccc5sc6ccccc6c45)c4cccc5oc6ccccc6c45)cc3)cc2)cc1. The van der Waals surface area contributed by atoms with E-state index in [1.165, 1.54) is 53.6 Å². The van der Waals surface area contributed by atoms with E-state index in [-0.39, 0.29) is 0 Å². The second kappa shape index (κ2) is 12.2. The Labute approximate surface area is 300 Å². The fourth-order valence-electron chi connectivity index (χ4n) is 7.53. The number of anilines is 3. The van der Waals surface area contributed by atoms with Crippen molar-refractivity contribution < 1.29 is 4.42 Å². The van der Waals surface area contributed by atoms with Crippen molar-refractivity contribution in [1.82, 2.24) is 0 Å². The molecule has 3 heteroatoms. The number of rotatable bonds is 6. The molecule has 0 radical (unpaired) electrons. The van der Waals surface area contributed by atoms with E-state index in [9.17, 15) is 0 Å².